The van der Waals surface area contributed by atoms with Gasteiger partial charge in [-0.3, -0.25) is 19.7 Å². The zero-order chi connectivity index (χ0) is 18.0. The van der Waals surface area contributed by atoms with Gasteiger partial charge in [0.05, 0.1) is 12.2 Å². The van der Waals surface area contributed by atoms with Crippen molar-refractivity contribution < 1.29 is 18.8 Å². The summed E-state index contributed by atoms with van der Waals surface area (Å²) in [5, 5.41) is 5.68. The number of nitrogens with zero attached hydrogens (tertiary/aromatic N) is 2. The molecule has 26 heavy (non-hydrogen) atoms. The molecule has 3 atom stereocenters. The topological polar surface area (TPSA) is 81.8 Å². The molecule has 5 aliphatic heterocycles. The van der Waals surface area contributed by atoms with Crippen molar-refractivity contribution in [2.24, 2.45) is 0 Å². The highest BCUT2D eigenvalue weighted by atomic mass is 19.1. The van der Waals surface area contributed by atoms with Gasteiger partial charge in [-0.2, -0.15) is 0 Å². The number of halogens is 1. The first-order valence-electron chi connectivity index (χ1n) is 8.98. The van der Waals surface area contributed by atoms with Crippen molar-refractivity contribution in [3.63, 3.8) is 0 Å². The van der Waals surface area contributed by atoms with Crippen LogP contribution in [0.15, 0.2) is 12.1 Å². The summed E-state index contributed by atoms with van der Waals surface area (Å²) >= 11 is 0. The highest BCUT2D eigenvalue weighted by Gasteiger charge is 2.42. The van der Waals surface area contributed by atoms with Crippen LogP contribution in [-0.2, 0) is 16.1 Å². The monoisotopic (exact) mass is 358 g/mol. The van der Waals surface area contributed by atoms with E-state index < -0.39 is 11.9 Å². The van der Waals surface area contributed by atoms with Crippen LogP contribution in [0.5, 0.6) is 0 Å². The lowest BCUT2D eigenvalue weighted by molar-refractivity contribution is -0.136. The predicted octanol–water partition coefficient (Wildman–Crippen LogP) is 0.137. The highest BCUT2D eigenvalue weighted by Crippen LogP contribution is 2.35. The molecule has 8 heteroatoms. The molecule has 0 aliphatic carbocycles. The number of hydrogen-bond acceptors (Lipinski definition) is 5. The SMILES string of the molecule is O=C1CCC(N2Cc3c(ccc(N4CC5CC(C4)N5)c3F)C2=O)C(=O)N1. The summed E-state index contributed by atoms with van der Waals surface area (Å²) < 4.78 is 15.2. The van der Waals surface area contributed by atoms with E-state index in [0.29, 0.717) is 28.9 Å². The van der Waals surface area contributed by atoms with Gasteiger partial charge < -0.3 is 15.1 Å². The van der Waals surface area contributed by atoms with Crippen LogP contribution in [-0.4, -0.2) is 53.8 Å². The van der Waals surface area contributed by atoms with Gasteiger partial charge in [-0.25, -0.2) is 4.39 Å². The first kappa shape index (κ1) is 15.7. The molecule has 3 unspecified atom stereocenters. The fourth-order valence-corrected chi connectivity index (χ4v) is 4.55. The lowest BCUT2D eigenvalue weighted by Gasteiger charge is -2.49. The first-order chi connectivity index (χ1) is 12.5. The summed E-state index contributed by atoms with van der Waals surface area (Å²) in [6.45, 7) is 1.59. The number of rotatable bonds is 2. The van der Waals surface area contributed by atoms with E-state index in [9.17, 15) is 14.4 Å². The van der Waals surface area contributed by atoms with Gasteiger partial charge in [0.25, 0.3) is 5.91 Å². The minimum atomic E-state index is -0.720. The van der Waals surface area contributed by atoms with Gasteiger partial charge in [0.15, 0.2) is 5.82 Å². The fourth-order valence-electron chi connectivity index (χ4n) is 4.55. The summed E-state index contributed by atoms with van der Waals surface area (Å²) in [5.41, 5.74) is 1.19. The Morgan fingerprint density at radius 2 is 1.85 bits per heavy atom. The molecule has 0 radical (unpaired) electrons. The van der Waals surface area contributed by atoms with Crippen LogP contribution in [0.3, 0.4) is 0 Å². The zero-order valence-corrected chi connectivity index (χ0v) is 14.1. The summed E-state index contributed by atoms with van der Waals surface area (Å²) in [4.78, 5) is 39.5. The minimum Gasteiger partial charge on any atom is -0.366 e. The zero-order valence-electron chi connectivity index (χ0n) is 14.1. The van der Waals surface area contributed by atoms with Gasteiger partial charge >= 0.3 is 0 Å². The molecular weight excluding hydrogens is 339 g/mol. The number of fused-ring (bicyclic) bond motifs is 3. The molecule has 136 valence electrons. The number of carbonyl (C=O) groups is 3. The number of piperidine rings is 2. The first-order valence-corrected chi connectivity index (χ1v) is 8.98. The number of anilines is 1. The summed E-state index contributed by atoms with van der Waals surface area (Å²) in [6, 6.07) is 3.42. The van der Waals surface area contributed by atoms with Crippen molar-refractivity contribution in [1.82, 2.24) is 15.5 Å². The van der Waals surface area contributed by atoms with E-state index in [1.54, 1.807) is 12.1 Å². The second-order valence-corrected chi connectivity index (χ2v) is 7.53. The number of carbonyl (C=O) groups excluding carboxylic acids is 3. The molecule has 0 saturated carbocycles. The van der Waals surface area contributed by atoms with Crippen LogP contribution in [0.1, 0.15) is 35.2 Å². The minimum absolute atomic E-state index is 0.0685. The quantitative estimate of drug-likeness (QED) is 0.735. The number of benzene rings is 1. The molecule has 6 rings (SSSR count). The molecule has 1 aromatic rings. The molecule has 4 saturated heterocycles. The van der Waals surface area contributed by atoms with Gasteiger partial charge in [-0.05, 0) is 25.0 Å². The lowest BCUT2D eigenvalue weighted by Crippen LogP contribution is -2.67. The van der Waals surface area contributed by atoms with Crippen molar-refractivity contribution in [2.75, 3.05) is 18.0 Å². The van der Waals surface area contributed by atoms with Gasteiger partial charge in [0, 0.05) is 42.7 Å². The van der Waals surface area contributed by atoms with E-state index in [0.717, 1.165) is 19.5 Å². The maximum absolute atomic E-state index is 15.2. The van der Waals surface area contributed by atoms with Gasteiger partial charge in [-0.15, -0.1) is 0 Å². The Morgan fingerprint density at radius 1 is 1.12 bits per heavy atom. The lowest BCUT2D eigenvalue weighted by atomic mass is 9.90. The molecule has 1 aromatic carbocycles. The maximum Gasteiger partial charge on any atom is 0.255 e. The second-order valence-electron chi connectivity index (χ2n) is 7.53. The second kappa shape index (κ2) is 5.51. The van der Waals surface area contributed by atoms with Gasteiger partial charge in [-0.1, -0.05) is 0 Å². The third-order valence-electron chi connectivity index (χ3n) is 5.89. The summed E-state index contributed by atoms with van der Waals surface area (Å²) in [5.74, 6) is -1.53. The van der Waals surface area contributed by atoms with Crippen molar-refractivity contribution in [3.05, 3.63) is 29.1 Å². The molecule has 4 fully saturated rings. The Morgan fingerprint density at radius 3 is 2.54 bits per heavy atom. The van der Waals surface area contributed by atoms with Crippen LogP contribution in [0.2, 0.25) is 0 Å². The molecule has 2 bridgehead atoms. The molecule has 5 heterocycles. The van der Waals surface area contributed by atoms with E-state index in [-0.39, 0.29) is 37.0 Å². The predicted molar refractivity (Wildman–Crippen MR) is 90.0 cm³/mol. The van der Waals surface area contributed by atoms with Gasteiger partial charge in [0.2, 0.25) is 11.8 Å². The van der Waals surface area contributed by atoms with E-state index in [2.05, 4.69) is 10.6 Å². The standard InChI is InChI=1S/C18H19FN4O3/c19-16-12-8-23(14-3-4-15(24)21-17(14)25)18(26)11(12)1-2-13(16)22-6-9-5-10(7-22)20-9/h1-2,9-10,14,20H,3-8H2,(H,21,24,25). The van der Waals surface area contributed by atoms with E-state index in [4.69, 9.17) is 0 Å². The Hall–Kier alpha value is -2.48. The molecular formula is C18H19FN4O3. The Balaban J connectivity index is 1.42. The normalized spacial score (nSPS) is 30.2. The number of hydrogen-bond donors (Lipinski definition) is 2. The van der Waals surface area contributed by atoms with E-state index in [1.165, 1.54) is 4.90 Å². The summed E-state index contributed by atoms with van der Waals surface area (Å²) in [6.07, 6.45) is 1.60. The number of nitrogens with one attached hydrogen (secondary N) is 2. The van der Waals surface area contributed by atoms with E-state index in [1.807, 2.05) is 4.90 Å². The molecule has 5 aliphatic rings. The van der Waals surface area contributed by atoms with E-state index >= 15 is 4.39 Å². The Kier molecular flexibility index (Phi) is 3.34. The van der Waals surface area contributed by atoms with Crippen LogP contribution in [0.25, 0.3) is 0 Å². The Labute approximate surface area is 149 Å². The summed E-state index contributed by atoms with van der Waals surface area (Å²) in [7, 11) is 0. The molecule has 0 aromatic heterocycles. The van der Waals surface area contributed by atoms with Crippen molar-refractivity contribution in [3.8, 4) is 0 Å². The molecule has 2 N–H and O–H groups in total. The van der Waals surface area contributed by atoms with Crippen molar-refractivity contribution in [2.45, 2.75) is 43.9 Å². The van der Waals surface area contributed by atoms with Crippen LogP contribution < -0.4 is 15.5 Å². The maximum atomic E-state index is 15.2. The molecule has 3 amide bonds. The highest BCUT2D eigenvalue weighted by molar-refractivity contribution is 6.05. The number of amides is 3. The fraction of sp³-hybridized carbons (Fsp3) is 0.500. The average Bonchev–Trinajstić information content (AvgIpc) is 2.92. The molecule has 0 spiro atoms. The van der Waals surface area contributed by atoms with Crippen molar-refractivity contribution >= 4 is 23.4 Å². The third kappa shape index (κ3) is 2.25. The average molecular weight is 358 g/mol. The van der Waals surface area contributed by atoms with Crippen LogP contribution in [0.4, 0.5) is 10.1 Å². The largest absolute Gasteiger partial charge is 0.366 e. The number of piperazine rings is 1. The van der Waals surface area contributed by atoms with Gasteiger partial charge in [0.1, 0.15) is 6.04 Å². The molecule has 7 nitrogen and oxygen atoms in total. The van der Waals surface area contributed by atoms with Crippen LogP contribution >= 0.6 is 0 Å². The van der Waals surface area contributed by atoms with Crippen LogP contribution in [0, 0.1) is 5.82 Å². The van der Waals surface area contributed by atoms with Crippen molar-refractivity contribution in [1.29, 1.82) is 0 Å². The third-order valence-corrected chi connectivity index (χ3v) is 5.89. The smallest absolute Gasteiger partial charge is 0.255 e. The number of imide groups is 1. The Bertz CT molecular complexity index is 826.